The van der Waals surface area contributed by atoms with Gasteiger partial charge in [0.2, 0.25) is 0 Å². The molecular formula is C18H26N2O5. The zero-order chi connectivity index (χ0) is 18.2. The van der Waals surface area contributed by atoms with Gasteiger partial charge in [-0.05, 0) is 25.3 Å². The number of amides is 2. The standard InChI is InChI=1S/C18H26N2O5/c1-13-5-3-6-14(11-13)16(25-10-8-19-17(21)24-2)15-7-4-9-20(12-15)18(22)23/h3,5-6,11,15-16H,4,7-10,12H2,1-2H3,(H,19,21)(H,22,23)/t15?,16-/m0/s1. The maximum absolute atomic E-state index is 11.3. The SMILES string of the molecule is COC(=O)NCCO[C@@H](c1cccc(C)c1)C1CCCN(C(=O)O)C1. The molecule has 1 aromatic rings. The second kappa shape index (κ2) is 9.27. The summed E-state index contributed by atoms with van der Waals surface area (Å²) in [7, 11) is 1.31. The Morgan fingerprint density at radius 2 is 2.24 bits per heavy atom. The van der Waals surface area contributed by atoms with Crippen LogP contribution in [0, 0.1) is 12.8 Å². The van der Waals surface area contributed by atoms with E-state index in [1.54, 1.807) is 0 Å². The zero-order valence-corrected chi connectivity index (χ0v) is 14.7. The molecule has 138 valence electrons. The average molecular weight is 350 g/mol. The van der Waals surface area contributed by atoms with Gasteiger partial charge in [-0.2, -0.15) is 0 Å². The molecule has 0 spiro atoms. The van der Waals surface area contributed by atoms with E-state index in [1.165, 1.54) is 12.0 Å². The van der Waals surface area contributed by atoms with E-state index in [2.05, 4.69) is 16.1 Å². The van der Waals surface area contributed by atoms with E-state index in [9.17, 15) is 14.7 Å². The minimum Gasteiger partial charge on any atom is -0.465 e. The van der Waals surface area contributed by atoms with Gasteiger partial charge in [-0.1, -0.05) is 29.8 Å². The molecule has 1 unspecified atom stereocenters. The van der Waals surface area contributed by atoms with E-state index in [4.69, 9.17) is 4.74 Å². The van der Waals surface area contributed by atoms with Crippen molar-refractivity contribution in [2.24, 2.45) is 5.92 Å². The van der Waals surface area contributed by atoms with Gasteiger partial charge in [-0.3, -0.25) is 0 Å². The van der Waals surface area contributed by atoms with Crippen LogP contribution < -0.4 is 5.32 Å². The molecule has 2 amide bonds. The highest BCUT2D eigenvalue weighted by atomic mass is 16.5. The molecule has 25 heavy (non-hydrogen) atoms. The summed E-state index contributed by atoms with van der Waals surface area (Å²) in [5, 5.41) is 11.9. The lowest BCUT2D eigenvalue weighted by Gasteiger charge is -2.35. The topological polar surface area (TPSA) is 88.1 Å². The van der Waals surface area contributed by atoms with Crippen molar-refractivity contribution in [2.45, 2.75) is 25.9 Å². The Bertz CT molecular complexity index is 593. The lowest BCUT2D eigenvalue weighted by Crippen LogP contribution is -2.41. The summed E-state index contributed by atoms with van der Waals surface area (Å²) < 4.78 is 10.6. The van der Waals surface area contributed by atoms with Gasteiger partial charge in [0.1, 0.15) is 0 Å². The first kappa shape index (κ1) is 19.1. The number of hydrogen-bond donors (Lipinski definition) is 2. The lowest BCUT2D eigenvalue weighted by molar-refractivity contribution is -0.0117. The highest BCUT2D eigenvalue weighted by Gasteiger charge is 2.31. The van der Waals surface area contributed by atoms with Gasteiger partial charge in [0.15, 0.2) is 0 Å². The third-order valence-corrected chi connectivity index (χ3v) is 4.38. The summed E-state index contributed by atoms with van der Waals surface area (Å²) in [5.41, 5.74) is 2.17. The third-order valence-electron chi connectivity index (χ3n) is 4.38. The van der Waals surface area contributed by atoms with Crippen molar-refractivity contribution < 1.29 is 24.2 Å². The fourth-order valence-electron chi connectivity index (χ4n) is 3.19. The molecule has 0 saturated carbocycles. The Morgan fingerprint density at radius 3 is 2.92 bits per heavy atom. The Morgan fingerprint density at radius 1 is 1.44 bits per heavy atom. The van der Waals surface area contributed by atoms with Crippen molar-refractivity contribution in [3.05, 3.63) is 35.4 Å². The first-order valence-corrected chi connectivity index (χ1v) is 8.49. The largest absolute Gasteiger partial charge is 0.465 e. The quantitative estimate of drug-likeness (QED) is 0.770. The van der Waals surface area contributed by atoms with E-state index in [-0.39, 0.29) is 12.0 Å². The fourth-order valence-corrected chi connectivity index (χ4v) is 3.19. The normalized spacial score (nSPS) is 18.5. The fraction of sp³-hybridized carbons (Fsp3) is 0.556. The molecule has 7 heteroatoms. The number of methoxy groups -OCH3 is 1. The highest BCUT2D eigenvalue weighted by molar-refractivity contribution is 5.66. The predicted molar refractivity (Wildman–Crippen MR) is 92.6 cm³/mol. The molecule has 2 N–H and O–H groups in total. The molecule has 1 fully saturated rings. The van der Waals surface area contributed by atoms with Gasteiger partial charge >= 0.3 is 12.2 Å². The number of nitrogens with one attached hydrogen (secondary N) is 1. The molecule has 0 aromatic heterocycles. The minimum absolute atomic E-state index is 0.0878. The number of aryl methyl sites for hydroxylation is 1. The molecule has 1 heterocycles. The number of carbonyl (C=O) groups excluding carboxylic acids is 1. The number of benzene rings is 1. The molecule has 0 bridgehead atoms. The van der Waals surface area contributed by atoms with Gasteiger partial charge in [0.05, 0.1) is 19.8 Å². The van der Waals surface area contributed by atoms with Crippen LogP contribution in [0.4, 0.5) is 9.59 Å². The maximum atomic E-state index is 11.3. The molecule has 1 aliphatic rings. The maximum Gasteiger partial charge on any atom is 0.407 e. The molecule has 7 nitrogen and oxygen atoms in total. The zero-order valence-electron chi connectivity index (χ0n) is 14.7. The number of carbonyl (C=O) groups is 2. The molecule has 2 atom stereocenters. The van der Waals surface area contributed by atoms with Gasteiger partial charge in [-0.25, -0.2) is 9.59 Å². The van der Waals surface area contributed by atoms with E-state index < -0.39 is 12.2 Å². The Balaban J connectivity index is 2.06. The van der Waals surface area contributed by atoms with Crippen LogP contribution in [0.15, 0.2) is 24.3 Å². The van der Waals surface area contributed by atoms with Crippen molar-refractivity contribution in [1.82, 2.24) is 10.2 Å². The summed E-state index contributed by atoms with van der Waals surface area (Å²) in [6.45, 7) is 3.71. The Labute approximate surface area is 147 Å². The summed E-state index contributed by atoms with van der Waals surface area (Å²) >= 11 is 0. The second-order valence-corrected chi connectivity index (χ2v) is 6.25. The van der Waals surface area contributed by atoms with E-state index in [1.807, 2.05) is 25.1 Å². The summed E-state index contributed by atoms with van der Waals surface area (Å²) in [6.07, 6.45) is 0.141. The van der Waals surface area contributed by atoms with E-state index in [0.29, 0.717) is 26.2 Å². The average Bonchev–Trinajstić information content (AvgIpc) is 2.61. The number of alkyl carbamates (subject to hydrolysis) is 1. The van der Waals surface area contributed by atoms with Crippen LogP contribution in [0.5, 0.6) is 0 Å². The number of rotatable bonds is 6. The number of likely N-dealkylation sites (tertiary alicyclic amines) is 1. The van der Waals surface area contributed by atoms with Crippen LogP contribution in [0.2, 0.25) is 0 Å². The minimum atomic E-state index is -0.889. The Kier molecular flexibility index (Phi) is 7.06. The highest BCUT2D eigenvalue weighted by Crippen LogP contribution is 2.33. The number of hydrogen-bond acceptors (Lipinski definition) is 4. The number of nitrogens with zero attached hydrogens (tertiary/aromatic N) is 1. The summed E-state index contributed by atoms with van der Waals surface area (Å²) in [4.78, 5) is 23.9. The monoisotopic (exact) mass is 350 g/mol. The number of piperidine rings is 1. The van der Waals surface area contributed by atoms with Crippen LogP contribution in [-0.4, -0.2) is 55.5 Å². The van der Waals surface area contributed by atoms with E-state index >= 15 is 0 Å². The first-order valence-electron chi connectivity index (χ1n) is 8.49. The van der Waals surface area contributed by atoms with Crippen LogP contribution in [0.25, 0.3) is 0 Å². The molecular weight excluding hydrogens is 324 g/mol. The van der Waals surface area contributed by atoms with Gasteiger partial charge < -0.3 is 24.8 Å². The third kappa shape index (κ3) is 5.63. The number of ether oxygens (including phenoxy) is 2. The van der Waals surface area contributed by atoms with Crippen LogP contribution in [-0.2, 0) is 9.47 Å². The number of carboxylic acid groups (broad SMARTS) is 1. The smallest absolute Gasteiger partial charge is 0.407 e. The second-order valence-electron chi connectivity index (χ2n) is 6.25. The van der Waals surface area contributed by atoms with Crippen molar-refractivity contribution in [1.29, 1.82) is 0 Å². The van der Waals surface area contributed by atoms with Crippen molar-refractivity contribution in [2.75, 3.05) is 33.4 Å². The predicted octanol–water partition coefficient (Wildman–Crippen LogP) is 2.80. The molecule has 1 aromatic carbocycles. The van der Waals surface area contributed by atoms with Gasteiger partial charge in [0.25, 0.3) is 0 Å². The van der Waals surface area contributed by atoms with Gasteiger partial charge in [-0.15, -0.1) is 0 Å². The lowest BCUT2D eigenvalue weighted by atomic mass is 9.88. The molecule has 1 saturated heterocycles. The summed E-state index contributed by atoms with van der Waals surface area (Å²) in [6, 6.07) is 8.07. The van der Waals surface area contributed by atoms with Crippen molar-refractivity contribution in [3.63, 3.8) is 0 Å². The van der Waals surface area contributed by atoms with Crippen LogP contribution in [0.3, 0.4) is 0 Å². The Hall–Kier alpha value is -2.28. The van der Waals surface area contributed by atoms with Crippen molar-refractivity contribution >= 4 is 12.2 Å². The van der Waals surface area contributed by atoms with E-state index in [0.717, 1.165) is 24.0 Å². The molecule has 1 aliphatic heterocycles. The van der Waals surface area contributed by atoms with Crippen LogP contribution >= 0.6 is 0 Å². The summed E-state index contributed by atoms with van der Waals surface area (Å²) in [5.74, 6) is 0.0878. The van der Waals surface area contributed by atoms with Gasteiger partial charge in [0, 0.05) is 25.6 Å². The van der Waals surface area contributed by atoms with Crippen molar-refractivity contribution in [3.8, 4) is 0 Å². The first-order chi connectivity index (χ1) is 12.0. The molecule has 2 rings (SSSR count). The molecule has 0 radical (unpaired) electrons. The van der Waals surface area contributed by atoms with Crippen LogP contribution in [0.1, 0.15) is 30.1 Å². The molecule has 0 aliphatic carbocycles.